The summed E-state index contributed by atoms with van der Waals surface area (Å²) >= 11 is 6.02. The molecule has 1 N–H and O–H groups in total. The molecule has 0 atom stereocenters. The maximum Gasteiger partial charge on any atom is 0.216 e. The molecule has 0 radical (unpaired) electrons. The molecule has 0 fully saturated rings. The van der Waals surface area contributed by atoms with E-state index in [1.54, 1.807) is 24.3 Å². The van der Waals surface area contributed by atoms with Gasteiger partial charge < -0.3 is 4.74 Å². The fourth-order valence-corrected chi connectivity index (χ4v) is 3.47. The molecule has 0 unspecified atom stereocenters. The van der Waals surface area contributed by atoms with Gasteiger partial charge in [0.2, 0.25) is 10.0 Å². The minimum Gasteiger partial charge on any atom is -0.495 e. The third kappa shape index (κ3) is 4.73. The Hall–Kier alpha value is -1.56. The van der Waals surface area contributed by atoms with Gasteiger partial charge in [-0.25, -0.2) is 13.1 Å². The minimum atomic E-state index is -3.40. The van der Waals surface area contributed by atoms with E-state index in [-0.39, 0.29) is 12.3 Å². The number of benzene rings is 2. The third-order valence-electron chi connectivity index (χ3n) is 3.15. The maximum absolute atomic E-state index is 12.1. The van der Waals surface area contributed by atoms with Gasteiger partial charge in [0.05, 0.1) is 17.9 Å². The highest BCUT2D eigenvalue weighted by Crippen LogP contribution is 2.24. The lowest BCUT2D eigenvalue weighted by Gasteiger charge is -2.09. The molecule has 0 spiro atoms. The molecule has 0 amide bonds. The molecule has 2 rings (SSSR count). The van der Waals surface area contributed by atoms with Crippen molar-refractivity contribution in [2.75, 3.05) is 7.11 Å². The summed E-state index contributed by atoms with van der Waals surface area (Å²) in [4.78, 5) is 0. The molecule has 2 aromatic rings. The Morgan fingerprint density at radius 2 is 1.91 bits per heavy atom. The minimum absolute atomic E-state index is 0.0431. The van der Waals surface area contributed by atoms with Gasteiger partial charge in [0.15, 0.2) is 0 Å². The number of methoxy groups -OCH3 is 1. The summed E-state index contributed by atoms with van der Waals surface area (Å²) in [6, 6.07) is 12.6. The lowest BCUT2D eigenvalue weighted by molar-refractivity contribution is 0.415. The van der Waals surface area contributed by atoms with Crippen molar-refractivity contribution in [3.05, 3.63) is 64.2 Å². The number of sulfonamides is 1. The van der Waals surface area contributed by atoms with Crippen molar-refractivity contribution in [1.82, 2.24) is 4.72 Å². The SMILES string of the molecule is COc1ccc(CNS(=O)(=O)Cc2cccc(C)c2)cc1Cl. The highest BCUT2D eigenvalue weighted by molar-refractivity contribution is 7.88. The van der Waals surface area contributed by atoms with Crippen molar-refractivity contribution in [3.63, 3.8) is 0 Å². The molecule has 0 aliphatic carbocycles. The van der Waals surface area contributed by atoms with Crippen molar-refractivity contribution in [3.8, 4) is 5.75 Å². The van der Waals surface area contributed by atoms with Crippen LogP contribution in [0.15, 0.2) is 42.5 Å². The van der Waals surface area contributed by atoms with E-state index in [0.717, 1.165) is 16.7 Å². The van der Waals surface area contributed by atoms with Crippen LogP contribution in [0.4, 0.5) is 0 Å². The van der Waals surface area contributed by atoms with Crippen molar-refractivity contribution in [2.45, 2.75) is 19.2 Å². The Morgan fingerprint density at radius 3 is 2.55 bits per heavy atom. The quantitative estimate of drug-likeness (QED) is 0.878. The number of rotatable bonds is 6. The first-order valence-corrected chi connectivity index (χ1v) is 8.78. The van der Waals surface area contributed by atoms with Gasteiger partial charge >= 0.3 is 0 Å². The topological polar surface area (TPSA) is 55.4 Å². The predicted molar refractivity (Wildman–Crippen MR) is 88.6 cm³/mol. The molecule has 0 heterocycles. The molecule has 4 nitrogen and oxygen atoms in total. The first kappa shape index (κ1) is 16.8. The number of halogens is 1. The van der Waals surface area contributed by atoms with Crippen LogP contribution < -0.4 is 9.46 Å². The lowest BCUT2D eigenvalue weighted by Crippen LogP contribution is -2.24. The van der Waals surface area contributed by atoms with E-state index < -0.39 is 10.0 Å². The zero-order valence-electron chi connectivity index (χ0n) is 12.5. The molecule has 0 aromatic heterocycles. The number of hydrogen-bond donors (Lipinski definition) is 1. The first-order valence-electron chi connectivity index (χ1n) is 6.75. The van der Waals surface area contributed by atoms with Crippen LogP contribution in [0.25, 0.3) is 0 Å². The standard InChI is InChI=1S/C16H18ClNO3S/c1-12-4-3-5-14(8-12)11-22(19,20)18-10-13-6-7-16(21-2)15(17)9-13/h3-9,18H,10-11H2,1-2H3. The number of ether oxygens (including phenoxy) is 1. The summed E-state index contributed by atoms with van der Waals surface area (Å²) in [7, 11) is -1.87. The van der Waals surface area contributed by atoms with Gasteiger partial charge in [-0.3, -0.25) is 0 Å². The molecule has 118 valence electrons. The van der Waals surface area contributed by atoms with Crippen molar-refractivity contribution >= 4 is 21.6 Å². The molecule has 22 heavy (non-hydrogen) atoms. The molecule has 0 aliphatic heterocycles. The first-order chi connectivity index (χ1) is 10.4. The maximum atomic E-state index is 12.1. The Labute approximate surface area is 136 Å². The highest BCUT2D eigenvalue weighted by Gasteiger charge is 2.12. The predicted octanol–water partition coefficient (Wildman–Crippen LogP) is 3.28. The largest absolute Gasteiger partial charge is 0.495 e. The van der Waals surface area contributed by atoms with Crippen LogP contribution >= 0.6 is 11.6 Å². The summed E-state index contributed by atoms with van der Waals surface area (Å²) in [6.07, 6.45) is 0. The van der Waals surface area contributed by atoms with Gasteiger partial charge in [-0.2, -0.15) is 0 Å². The van der Waals surface area contributed by atoms with Gasteiger partial charge in [0, 0.05) is 6.54 Å². The summed E-state index contributed by atoms with van der Waals surface area (Å²) in [5, 5.41) is 0.456. The molecule has 0 aliphatic rings. The monoisotopic (exact) mass is 339 g/mol. The van der Waals surface area contributed by atoms with E-state index in [9.17, 15) is 8.42 Å². The zero-order valence-corrected chi connectivity index (χ0v) is 14.0. The fraction of sp³-hybridized carbons (Fsp3) is 0.250. The van der Waals surface area contributed by atoms with Crippen LogP contribution in [0.5, 0.6) is 5.75 Å². The second-order valence-corrected chi connectivity index (χ2v) is 7.25. The third-order valence-corrected chi connectivity index (χ3v) is 4.74. The molecule has 2 aromatic carbocycles. The van der Waals surface area contributed by atoms with Crippen LogP contribution in [-0.4, -0.2) is 15.5 Å². The average Bonchev–Trinajstić information content (AvgIpc) is 2.45. The van der Waals surface area contributed by atoms with Crippen molar-refractivity contribution in [1.29, 1.82) is 0 Å². The van der Waals surface area contributed by atoms with Gasteiger partial charge in [-0.1, -0.05) is 47.5 Å². The normalized spacial score (nSPS) is 11.4. The Balaban J connectivity index is 2.02. The van der Waals surface area contributed by atoms with Crippen LogP contribution in [-0.2, 0) is 22.3 Å². The second kappa shape index (κ2) is 7.13. The molecule has 0 saturated heterocycles. The van der Waals surface area contributed by atoms with E-state index in [4.69, 9.17) is 16.3 Å². The van der Waals surface area contributed by atoms with Crippen LogP contribution in [0.3, 0.4) is 0 Å². The highest BCUT2D eigenvalue weighted by atomic mass is 35.5. The molecule has 0 bridgehead atoms. The van der Waals surface area contributed by atoms with E-state index in [0.29, 0.717) is 10.8 Å². The lowest BCUT2D eigenvalue weighted by atomic mass is 10.2. The number of nitrogens with one attached hydrogen (secondary N) is 1. The van der Waals surface area contributed by atoms with E-state index >= 15 is 0 Å². The smallest absolute Gasteiger partial charge is 0.216 e. The van der Waals surface area contributed by atoms with Gasteiger partial charge in [0.1, 0.15) is 5.75 Å². The second-order valence-electron chi connectivity index (χ2n) is 5.04. The summed E-state index contributed by atoms with van der Waals surface area (Å²) < 4.78 is 31.9. The summed E-state index contributed by atoms with van der Waals surface area (Å²) in [5.41, 5.74) is 2.58. The van der Waals surface area contributed by atoms with E-state index in [1.807, 2.05) is 25.1 Å². The summed E-state index contributed by atoms with van der Waals surface area (Å²) in [6.45, 7) is 2.13. The van der Waals surface area contributed by atoms with Gasteiger partial charge in [0.25, 0.3) is 0 Å². The van der Waals surface area contributed by atoms with Crippen LogP contribution in [0.1, 0.15) is 16.7 Å². The molecular formula is C16H18ClNO3S. The van der Waals surface area contributed by atoms with Crippen LogP contribution in [0.2, 0.25) is 5.02 Å². The molecule has 0 saturated carbocycles. The Kier molecular flexibility index (Phi) is 5.45. The van der Waals surface area contributed by atoms with Crippen molar-refractivity contribution < 1.29 is 13.2 Å². The average molecular weight is 340 g/mol. The number of aryl methyl sites for hydroxylation is 1. The van der Waals surface area contributed by atoms with Gasteiger partial charge in [-0.15, -0.1) is 0 Å². The van der Waals surface area contributed by atoms with E-state index in [1.165, 1.54) is 7.11 Å². The molecular weight excluding hydrogens is 322 g/mol. The van der Waals surface area contributed by atoms with Crippen LogP contribution in [0, 0.1) is 6.92 Å². The summed E-state index contributed by atoms with van der Waals surface area (Å²) in [5.74, 6) is 0.520. The van der Waals surface area contributed by atoms with Crippen molar-refractivity contribution in [2.24, 2.45) is 0 Å². The Morgan fingerprint density at radius 1 is 1.14 bits per heavy atom. The van der Waals surface area contributed by atoms with E-state index in [2.05, 4.69) is 4.72 Å². The number of hydrogen-bond acceptors (Lipinski definition) is 3. The fourth-order valence-electron chi connectivity index (χ4n) is 2.09. The van der Waals surface area contributed by atoms with Gasteiger partial charge in [-0.05, 0) is 30.2 Å². The Bertz CT molecular complexity index is 760. The molecule has 6 heteroatoms. The zero-order chi connectivity index (χ0) is 16.2.